The third kappa shape index (κ3) is 2.17. The topological polar surface area (TPSA) is 101 Å². The number of aliphatic carboxylic acids is 1. The minimum Gasteiger partial charge on any atom is -0.479 e. The summed E-state index contributed by atoms with van der Waals surface area (Å²) in [6.45, 7) is 0. The highest BCUT2D eigenvalue weighted by Gasteiger charge is 2.27. The molecule has 0 aliphatic rings. The fraction of sp³-hybridized carbons (Fsp3) is 0.125. The molecular formula is C8H5BrFNO5. The lowest BCUT2D eigenvalue weighted by Crippen LogP contribution is -2.12. The lowest BCUT2D eigenvalue weighted by molar-refractivity contribution is -0.388. The van der Waals surface area contributed by atoms with Crippen LogP contribution in [0.2, 0.25) is 0 Å². The minimum atomic E-state index is -1.95. The van der Waals surface area contributed by atoms with E-state index in [1.165, 1.54) is 0 Å². The van der Waals surface area contributed by atoms with E-state index in [-0.39, 0.29) is 10.0 Å². The maximum atomic E-state index is 13.0. The number of rotatable bonds is 3. The van der Waals surface area contributed by atoms with E-state index in [0.717, 1.165) is 12.1 Å². The van der Waals surface area contributed by atoms with Crippen LogP contribution in [0.5, 0.6) is 0 Å². The molecule has 1 atom stereocenters. The van der Waals surface area contributed by atoms with Crippen molar-refractivity contribution < 1.29 is 24.3 Å². The van der Waals surface area contributed by atoms with Crippen molar-refractivity contribution in [2.45, 2.75) is 6.10 Å². The second-order valence-electron chi connectivity index (χ2n) is 2.80. The first-order valence-corrected chi connectivity index (χ1v) is 4.68. The van der Waals surface area contributed by atoms with E-state index in [1.54, 1.807) is 0 Å². The molecule has 0 aromatic heterocycles. The first-order valence-electron chi connectivity index (χ1n) is 3.89. The van der Waals surface area contributed by atoms with Gasteiger partial charge < -0.3 is 10.2 Å². The second-order valence-corrected chi connectivity index (χ2v) is 3.59. The van der Waals surface area contributed by atoms with E-state index in [0.29, 0.717) is 0 Å². The standard InChI is InChI=1S/C8H5BrFNO5/c9-5-3(7(12)8(13)14)1-2-4(10)6(5)11(15)16/h1-2,7,12H,(H,13,14). The molecule has 86 valence electrons. The summed E-state index contributed by atoms with van der Waals surface area (Å²) < 4.78 is 12.7. The summed E-state index contributed by atoms with van der Waals surface area (Å²) in [5.41, 5.74) is -1.18. The van der Waals surface area contributed by atoms with Gasteiger partial charge >= 0.3 is 11.7 Å². The molecule has 2 N–H and O–H groups in total. The maximum absolute atomic E-state index is 13.0. The third-order valence-corrected chi connectivity index (χ3v) is 2.64. The molecule has 0 radical (unpaired) electrons. The Hall–Kier alpha value is -1.54. The quantitative estimate of drug-likeness (QED) is 0.651. The highest BCUT2D eigenvalue weighted by atomic mass is 79.9. The summed E-state index contributed by atoms with van der Waals surface area (Å²) in [7, 11) is 0. The number of nitro benzene ring substituents is 1. The monoisotopic (exact) mass is 293 g/mol. The van der Waals surface area contributed by atoms with Crippen LogP contribution in [0.25, 0.3) is 0 Å². The first-order chi connectivity index (χ1) is 7.36. The molecule has 0 bridgehead atoms. The number of nitro groups is 1. The molecule has 1 rings (SSSR count). The van der Waals surface area contributed by atoms with Gasteiger partial charge in [0.2, 0.25) is 5.82 Å². The predicted molar refractivity (Wildman–Crippen MR) is 53.4 cm³/mol. The highest BCUT2D eigenvalue weighted by Crippen LogP contribution is 2.34. The van der Waals surface area contributed by atoms with Crippen molar-refractivity contribution in [3.05, 3.63) is 38.1 Å². The van der Waals surface area contributed by atoms with Crippen molar-refractivity contribution >= 4 is 27.6 Å². The van der Waals surface area contributed by atoms with Crippen LogP contribution >= 0.6 is 15.9 Å². The van der Waals surface area contributed by atoms with Crippen LogP contribution < -0.4 is 0 Å². The molecular weight excluding hydrogens is 289 g/mol. The molecule has 0 amide bonds. The Morgan fingerprint density at radius 1 is 1.56 bits per heavy atom. The Bertz CT molecular complexity index is 464. The summed E-state index contributed by atoms with van der Waals surface area (Å²) in [6.07, 6.45) is -1.95. The SMILES string of the molecule is O=C(O)C(O)c1ccc(F)c([N+](=O)[O-])c1Br. The van der Waals surface area contributed by atoms with Gasteiger partial charge in [0.15, 0.2) is 6.10 Å². The molecule has 6 nitrogen and oxygen atoms in total. The smallest absolute Gasteiger partial charge is 0.337 e. The van der Waals surface area contributed by atoms with Gasteiger partial charge in [-0.3, -0.25) is 10.1 Å². The molecule has 0 fully saturated rings. The van der Waals surface area contributed by atoms with Crippen LogP contribution in [0.1, 0.15) is 11.7 Å². The summed E-state index contributed by atoms with van der Waals surface area (Å²) in [6, 6.07) is 1.69. The van der Waals surface area contributed by atoms with Crippen LogP contribution in [-0.2, 0) is 4.79 Å². The highest BCUT2D eigenvalue weighted by molar-refractivity contribution is 9.10. The Labute approximate surface area is 96.6 Å². The number of aliphatic hydroxyl groups is 1. The van der Waals surface area contributed by atoms with Gasteiger partial charge in [0.05, 0.1) is 4.92 Å². The molecule has 8 heteroatoms. The zero-order valence-electron chi connectivity index (χ0n) is 7.55. The number of benzene rings is 1. The normalized spacial score (nSPS) is 12.2. The average molecular weight is 294 g/mol. The van der Waals surface area contributed by atoms with Crippen LogP contribution in [0, 0.1) is 15.9 Å². The van der Waals surface area contributed by atoms with E-state index in [9.17, 15) is 24.4 Å². The summed E-state index contributed by atoms with van der Waals surface area (Å²) in [5, 5.41) is 28.2. The Morgan fingerprint density at radius 3 is 2.56 bits per heavy atom. The largest absolute Gasteiger partial charge is 0.479 e. The summed E-state index contributed by atoms with van der Waals surface area (Å²) in [5.74, 6) is -2.69. The molecule has 0 spiro atoms. The van der Waals surface area contributed by atoms with Gasteiger partial charge in [-0.15, -0.1) is 0 Å². The van der Waals surface area contributed by atoms with Gasteiger partial charge in [-0.1, -0.05) is 6.07 Å². The fourth-order valence-corrected chi connectivity index (χ4v) is 1.75. The van der Waals surface area contributed by atoms with Crippen molar-refractivity contribution in [2.24, 2.45) is 0 Å². The van der Waals surface area contributed by atoms with Crippen LogP contribution in [0.3, 0.4) is 0 Å². The van der Waals surface area contributed by atoms with Crippen molar-refractivity contribution in [3.8, 4) is 0 Å². The van der Waals surface area contributed by atoms with E-state index in [4.69, 9.17) is 5.11 Å². The van der Waals surface area contributed by atoms with Crippen molar-refractivity contribution in [3.63, 3.8) is 0 Å². The lowest BCUT2D eigenvalue weighted by atomic mass is 10.1. The number of aliphatic hydroxyl groups excluding tert-OH is 1. The van der Waals surface area contributed by atoms with E-state index < -0.39 is 28.5 Å². The van der Waals surface area contributed by atoms with E-state index in [1.807, 2.05) is 0 Å². The molecule has 1 unspecified atom stereocenters. The zero-order chi connectivity index (χ0) is 12.5. The number of nitrogens with zero attached hydrogens (tertiary/aromatic N) is 1. The Morgan fingerprint density at radius 2 is 2.12 bits per heavy atom. The zero-order valence-corrected chi connectivity index (χ0v) is 9.14. The van der Waals surface area contributed by atoms with Crippen molar-refractivity contribution in [1.29, 1.82) is 0 Å². The predicted octanol–water partition coefficient (Wildman–Crippen LogP) is 1.61. The van der Waals surface area contributed by atoms with E-state index >= 15 is 0 Å². The molecule has 1 aromatic rings. The number of carboxylic acid groups (broad SMARTS) is 1. The number of halogens is 2. The maximum Gasteiger partial charge on any atom is 0.337 e. The van der Waals surface area contributed by atoms with Crippen LogP contribution in [0.4, 0.5) is 10.1 Å². The molecule has 0 heterocycles. The molecule has 0 aliphatic carbocycles. The molecule has 0 saturated carbocycles. The molecule has 0 aliphatic heterocycles. The number of hydrogen-bond acceptors (Lipinski definition) is 4. The van der Waals surface area contributed by atoms with Crippen LogP contribution in [-0.4, -0.2) is 21.1 Å². The third-order valence-electron chi connectivity index (χ3n) is 1.81. The molecule has 0 saturated heterocycles. The number of hydrogen-bond donors (Lipinski definition) is 2. The minimum absolute atomic E-state index is 0.277. The van der Waals surface area contributed by atoms with Gasteiger partial charge in [0.25, 0.3) is 0 Å². The van der Waals surface area contributed by atoms with Gasteiger partial charge in [-0.05, 0) is 22.0 Å². The van der Waals surface area contributed by atoms with Crippen molar-refractivity contribution in [1.82, 2.24) is 0 Å². The Balaban J connectivity index is 3.40. The second kappa shape index (κ2) is 4.54. The van der Waals surface area contributed by atoms with E-state index in [2.05, 4.69) is 15.9 Å². The van der Waals surface area contributed by atoms with Gasteiger partial charge in [0, 0.05) is 5.56 Å². The van der Waals surface area contributed by atoms with Gasteiger partial charge in [-0.2, -0.15) is 4.39 Å². The summed E-state index contributed by atoms with van der Waals surface area (Å²) >= 11 is 2.70. The molecule has 1 aromatic carbocycles. The summed E-state index contributed by atoms with van der Waals surface area (Å²) in [4.78, 5) is 20.0. The van der Waals surface area contributed by atoms with Gasteiger partial charge in [0.1, 0.15) is 4.47 Å². The van der Waals surface area contributed by atoms with Crippen molar-refractivity contribution in [2.75, 3.05) is 0 Å². The van der Waals surface area contributed by atoms with Crippen LogP contribution in [0.15, 0.2) is 16.6 Å². The Kier molecular flexibility index (Phi) is 3.55. The van der Waals surface area contributed by atoms with Gasteiger partial charge in [-0.25, -0.2) is 4.79 Å². The lowest BCUT2D eigenvalue weighted by Gasteiger charge is -2.08. The molecule has 16 heavy (non-hydrogen) atoms. The first kappa shape index (κ1) is 12.5. The fourth-order valence-electron chi connectivity index (χ4n) is 1.07. The average Bonchev–Trinajstić information content (AvgIpc) is 2.16. The number of carbonyl (C=O) groups is 1. The number of carboxylic acids is 1.